The van der Waals surface area contributed by atoms with Gasteiger partial charge in [0.15, 0.2) is 0 Å². The van der Waals surface area contributed by atoms with Crippen LogP contribution in [0.4, 0.5) is 0 Å². The minimum Gasteiger partial charge on any atom is -0.306 e. The van der Waals surface area contributed by atoms with Crippen molar-refractivity contribution in [2.24, 2.45) is 17.3 Å². The van der Waals surface area contributed by atoms with Gasteiger partial charge >= 0.3 is 0 Å². The van der Waals surface area contributed by atoms with E-state index >= 15 is 0 Å². The fourth-order valence-electron chi connectivity index (χ4n) is 4.82. The van der Waals surface area contributed by atoms with E-state index in [9.17, 15) is 0 Å². The van der Waals surface area contributed by atoms with Crippen LogP contribution >= 0.6 is 0 Å². The number of rotatable bonds is 2. The molecular formula is C14H24N2. The summed E-state index contributed by atoms with van der Waals surface area (Å²) in [5, 5.41) is 0. The maximum absolute atomic E-state index is 2.83. The molecule has 0 radical (unpaired) electrons. The third kappa shape index (κ3) is 1.26. The van der Waals surface area contributed by atoms with E-state index in [2.05, 4.69) is 16.8 Å². The number of hydrogen-bond donors (Lipinski definition) is 0. The molecule has 5 fully saturated rings. The van der Waals surface area contributed by atoms with Crippen LogP contribution in [-0.2, 0) is 0 Å². The maximum Gasteiger partial charge on any atom is 0.0102 e. The first-order chi connectivity index (χ1) is 7.75. The standard InChI is InChI=1S/C14H24N2/c1-15-5-4-14(10-15)3-2-12(14)9-16-8-11-6-13(16)7-11/h11-13H,2-10H2,1H3. The highest BCUT2D eigenvalue weighted by Gasteiger charge is 2.52. The van der Waals surface area contributed by atoms with Crippen LogP contribution in [0.5, 0.6) is 0 Å². The molecule has 5 aliphatic rings. The Labute approximate surface area is 99.0 Å². The maximum atomic E-state index is 2.83. The van der Waals surface area contributed by atoms with E-state index < -0.39 is 0 Å². The van der Waals surface area contributed by atoms with Crippen molar-refractivity contribution in [2.75, 3.05) is 33.2 Å². The topological polar surface area (TPSA) is 6.48 Å². The van der Waals surface area contributed by atoms with Gasteiger partial charge in [-0.05, 0) is 62.9 Å². The van der Waals surface area contributed by atoms with Crippen molar-refractivity contribution in [2.45, 2.75) is 38.1 Å². The predicted molar refractivity (Wildman–Crippen MR) is 65.4 cm³/mol. The molecule has 2 bridgehead atoms. The van der Waals surface area contributed by atoms with Gasteiger partial charge in [0.25, 0.3) is 0 Å². The second-order valence-electron chi connectivity index (χ2n) is 7.03. The van der Waals surface area contributed by atoms with Crippen LogP contribution in [0, 0.1) is 17.3 Å². The summed E-state index contributed by atoms with van der Waals surface area (Å²) < 4.78 is 0. The fourth-order valence-corrected chi connectivity index (χ4v) is 4.82. The lowest BCUT2D eigenvalue weighted by Crippen LogP contribution is -2.48. The van der Waals surface area contributed by atoms with Crippen molar-refractivity contribution in [1.29, 1.82) is 0 Å². The Morgan fingerprint density at radius 1 is 1.25 bits per heavy atom. The molecule has 16 heavy (non-hydrogen) atoms. The Morgan fingerprint density at radius 3 is 2.62 bits per heavy atom. The molecule has 5 rings (SSSR count). The minimum atomic E-state index is 0.752. The Bertz CT molecular complexity index is 297. The van der Waals surface area contributed by atoms with Gasteiger partial charge < -0.3 is 4.90 Å². The highest BCUT2D eigenvalue weighted by molar-refractivity contribution is 5.05. The molecule has 0 aromatic carbocycles. The van der Waals surface area contributed by atoms with Crippen LogP contribution in [0.15, 0.2) is 0 Å². The molecule has 0 aromatic heterocycles. The summed E-state index contributed by atoms with van der Waals surface area (Å²) in [6.45, 7) is 5.62. The zero-order chi connectivity index (χ0) is 10.8. The van der Waals surface area contributed by atoms with Crippen LogP contribution < -0.4 is 0 Å². The molecule has 3 aliphatic heterocycles. The first-order valence-electron chi connectivity index (χ1n) is 7.18. The van der Waals surface area contributed by atoms with Crippen LogP contribution in [0.2, 0.25) is 0 Å². The molecule has 0 aromatic rings. The molecule has 2 aliphatic carbocycles. The highest BCUT2D eigenvalue weighted by atomic mass is 15.2. The number of fused-ring (bicyclic) bond motifs is 1. The van der Waals surface area contributed by atoms with Crippen molar-refractivity contribution in [1.82, 2.24) is 9.80 Å². The molecule has 90 valence electrons. The van der Waals surface area contributed by atoms with Crippen molar-refractivity contribution in [3.63, 3.8) is 0 Å². The summed E-state index contributed by atoms with van der Waals surface area (Å²) in [6.07, 6.45) is 7.57. The van der Waals surface area contributed by atoms with Crippen molar-refractivity contribution in [3.05, 3.63) is 0 Å². The summed E-state index contributed by atoms with van der Waals surface area (Å²) >= 11 is 0. The quantitative estimate of drug-likeness (QED) is 0.700. The van der Waals surface area contributed by atoms with E-state index in [0.29, 0.717) is 0 Å². The summed E-state index contributed by atoms with van der Waals surface area (Å²) in [4.78, 5) is 5.38. The SMILES string of the molecule is CN1CCC2(CCC2CN2CC3CC2C3)C1. The molecule has 2 atom stereocenters. The minimum absolute atomic E-state index is 0.752. The fraction of sp³-hybridized carbons (Fsp3) is 1.00. The van der Waals surface area contributed by atoms with Gasteiger partial charge in [0.1, 0.15) is 0 Å². The number of nitrogens with zero attached hydrogens (tertiary/aromatic N) is 2. The molecule has 2 unspecified atom stereocenters. The van der Waals surface area contributed by atoms with Crippen LogP contribution in [0.3, 0.4) is 0 Å². The van der Waals surface area contributed by atoms with Crippen LogP contribution in [0.1, 0.15) is 32.1 Å². The number of hydrogen-bond acceptors (Lipinski definition) is 2. The van der Waals surface area contributed by atoms with E-state index in [1.54, 1.807) is 0 Å². The third-order valence-corrected chi connectivity index (χ3v) is 6.11. The van der Waals surface area contributed by atoms with Gasteiger partial charge in [0.2, 0.25) is 0 Å². The zero-order valence-corrected chi connectivity index (χ0v) is 10.5. The molecule has 2 nitrogen and oxygen atoms in total. The third-order valence-electron chi connectivity index (χ3n) is 6.11. The normalized spacial score (nSPS) is 51.9. The Balaban J connectivity index is 1.41. The Kier molecular flexibility index (Phi) is 2.00. The van der Waals surface area contributed by atoms with Gasteiger partial charge in [-0.3, -0.25) is 4.90 Å². The van der Waals surface area contributed by atoms with Gasteiger partial charge in [-0.15, -0.1) is 0 Å². The average Bonchev–Trinajstić information content (AvgIpc) is 2.84. The largest absolute Gasteiger partial charge is 0.306 e. The van der Waals surface area contributed by atoms with Gasteiger partial charge in [-0.2, -0.15) is 0 Å². The summed E-state index contributed by atoms with van der Waals surface area (Å²) in [5.41, 5.74) is 0.752. The summed E-state index contributed by atoms with van der Waals surface area (Å²) in [5.74, 6) is 2.13. The van der Waals surface area contributed by atoms with E-state index in [4.69, 9.17) is 0 Å². The summed E-state index contributed by atoms with van der Waals surface area (Å²) in [6, 6.07) is 1.00. The highest BCUT2D eigenvalue weighted by Crippen LogP contribution is 2.54. The molecule has 0 N–H and O–H groups in total. The van der Waals surface area contributed by atoms with Crippen molar-refractivity contribution < 1.29 is 0 Å². The lowest BCUT2D eigenvalue weighted by molar-refractivity contribution is 0.0121. The van der Waals surface area contributed by atoms with E-state index in [-0.39, 0.29) is 0 Å². The van der Waals surface area contributed by atoms with E-state index in [0.717, 1.165) is 23.3 Å². The lowest BCUT2D eigenvalue weighted by atomic mass is 9.59. The predicted octanol–water partition coefficient (Wildman–Crippen LogP) is 1.81. The molecular weight excluding hydrogens is 196 g/mol. The second-order valence-corrected chi connectivity index (χ2v) is 7.03. The Hall–Kier alpha value is -0.0800. The first kappa shape index (κ1) is 9.90. The smallest absolute Gasteiger partial charge is 0.0102 e. The van der Waals surface area contributed by atoms with Gasteiger partial charge in [0.05, 0.1) is 0 Å². The molecule has 2 heteroatoms. The average molecular weight is 220 g/mol. The number of likely N-dealkylation sites (tertiary alicyclic amines) is 1. The molecule has 2 saturated carbocycles. The summed E-state index contributed by atoms with van der Waals surface area (Å²) in [7, 11) is 2.30. The van der Waals surface area contributed by atoms with E-state index in [1.165, 1.54) is 58.3 Å². The van der Waals surface area contributed by atoms with E-state index in [1.807, 2.05) is 0 Å². The molecule has 0 amide bonds. The van der Waals surface area contributed by atoms with Gasteiger partial charge in [-0.25, -0.2) is 0 Å². The molecule has 3 saturated heterocycles. The van der Waals surface area contributed by atoms with Gasteiger partial charge in [0, 0.05) is 25.7 Å². The monoisotopic (exact) mass is 220 g/mol. The molecule has 3 heterocycles. The van der Waals surface area contributed by atoms with Crippen LogP contribution in [0.25, 0.3) is 0 Å². The Morgan fingerprint density at radius 2 is 2.12 bits per heavy atom. The van der Waals surface area contributed by atoms with Crippen molar-refractivity contribution >= 4 is 0 Å². The molecule has 1 spiro atoms. The second kappa shape index (κ2) is 3.23. The zero-order valence-electron chi connectivity index (χ0n) is 10.5. The van der Waals surface area contributed by atoms with Gasteiger partial charge in [-0.1, -0.05) is 0 Å². The lowest BCUT2D eigenvalue weighted by Gasteiger charge is -2.49. The van der Waals surface area contributed by atoms with Crippen molar-refractivity contribution in [3.8, 4) is 0 Å². The van der Waals surface area contributed by atoms with Crippen LogP contribution in [-0.4, -0.2) is 49.1 Å². The first-order valence-corrected chi connectivity index (χ1v) is 7.18.